The molecule has 0 aromatic heterocycles. The standard InChI is InChI=1S/C14H21N3.HI/c1-14(2,12-7-4-3-5-8-12)11-17-13-15-9-6-10-16-13;/h3-5,7-8H,6,9-11H2,1-2H3,(H2,15,16,17);1H. The van der Waals surface area contributed by atoms with Crippen LogP contribution >= 0.6 is 24.0 Å². The van der Waals surface area contributed by atoms with Gasteiger partial charge in [-0.3, -0.25) is 4.99 Å². The normalized spacial score (nSPS) is 15.1. The number of rotatable bonds is 3. The Morgan fingerprint density at radius 3 is 2.61 bits per heavy atom. The Hall–Kier alpha value is -0.780. The van der Waals surface area contributed by atoms with E-state index in [0.29, 0.717) is 0 Å². The van der Waals surface area contributed by atoms with E-state index in [0.717, 1.165) is 32.0 Å². The van der Waals surface area contributed by atoms with Gasteiger partial charge in [-0.15, -0.1) is 24.0 Å². The van der Waals surface area contributed by atoms with Crippen molar-refractivity contribution in [2.24, 2.45) is 4.99 Å². The molecule has 0 atom stereocenters. The van der Waals surface area contributed by atoms with Gasteiger partial charge in [0.15, 0.2) is 5.96 Å². The molecule has 0 fully saturated rings. The molecule has 1 aromatic carbocycles. The predicted octanol–water partition coefficient (Wildman–Crippen LogP) is 2.52. The van der Waals surface area contributed by atoms with E-state index >= 15 is 0 Å². The van der Waals surface area contributed by atoms with Gasteiger partial charge < -0.3 is 10.6 Å². The first-order valence-electron chi connectivity index (χ1n) is 6.26. The zero-order chi connectivity index (χ0) is 12.1. The largest absolute Gasteiger partial charge is 0.356 e. The fourth-order valence-electron chi connectivity index (χ4n) is 1.95. The molecule has 3 nitrogen and oxygen atoms in total. The molecular formula is C14H22IN3. The zero-order valence-electron chi connectivity index (χ0n) is 11.1. The van der Waals surface area contributed by atoms with Crippen LogP contribution in [0.25, 0.3) is 0 Å². The van der Waals surface area contributed by atoms with Crippen LogP contribution in [-0.4, -0.2) is 25.6 Å². The Balaban J connectivity index is 0.00000162. The molecule has 1 aliphatic rings. The van der Waals surface area contributed by atoms with E-state index in [1.807, 2.05) is 0 Å². The summed E-state index contributed by atoms with van der Waals surface area (Å²) in [5.41, 5.74) is 1.46. The molecule has 100 valence electrons. The summed E-state index contributed by atoms with van der Waals surface area (Å²) in [5.74, 6) is 0.945. The van der Waals surface area contributed by atoms with Crippen LogP contribution in [0.4, 0.5) is 0 Å². The summed E-state index contributed by atoms with van der Waals surface area (Å²) >= 11 is 0. The molecular weight excluding hydrogens is 337 g/mol. The van der Waals surface area contributed by atoms with Crippen LogP contribution in [-0.2, 0) is 5.41 Å². The number of nitrogens with zero attached hydrogens (tertiary/aromatic N) is 1. The summed E-state index contributed by atoms with van der Waals surface area (Å²) in [4.78, 5) is 4.42. The van der Waals surface area contributed by atoms with E-state index in [1.165, 1.54) is 5.56 Å². The van der Waals surface area contributed by atoms with Crippen LogP contribution in [0, 0.1) is 0 Å². The van der Waals surface area contributed by atoms with Crippen molar-refractivity contribution in [1.29, 1.82) is 0 Å². The van der Waals surface area contributed by atoms with Crippen molar-refractivity contribution >= 4 is 29.9 Å². The SMILES string of the molecule is CC(C)(CNC1=NCCCN1)c1ccccc1.I. The highest BCUT2D eigenvalue weighted by atomic mass is 127. The average Bonchev–Trinajstić information content (AvgIpc) is 2.39. The number of nitrogens with one attached hydrogen (secondary N) is 2. The number of aliphatic imine (C=N–C) groups is 1. The van der Waals surface area contributed by atoms with Crippen molar-refractivity contribution in [1.82, 2.24) is 10.6 Å². The van der Waals surface area contributed by atoms with Crippen LogP contribution in [0.1, 0.15) is 25.8 Å². The second-order valence-corrected chi connectivity index (χ2v) is 5.11. The van der Waals surface area contributed by atoms with Crippen molar-refractivity contribution in [3.8, 4) is 0 Å². The van der Waals surface area contributed by atoms with E-state index in [-0.39, 0.29) is 29.4 Å². The van der Waals surface area contributed by atoms with Gasteiger partial charge in [-0.2, -0.15) is 0 Å². The summed E-state index contributed by atoms with van der Waals surface area (Å²) in [6.07, 6.45) is 1.13. The highest BCUT2D eigenvalue weighted by Gasteiger charge is 2.20. The molecule has 2 rings (SSSR count). The quantitative estimate of drug-likeness (QED) is 0.814. The highest BCUT2D eigenvalue weighted by Crippen LogP contribution is 2.21. The molecule has 1 aromatic rings. The lowest BCUT2D eigenvalue weighted by Crippen LogP contribution is -2.45. The third kappa shape index (κ3) is 4.15. The van der Waals surface area contributed by atoms with Crippen molar-refractivity contribution in [2.75, 3.05) is 19.6 Å². The number of halogens is 1. The molecule has 0 amide bonds. The number of guanidine groups is 1. The second-order valence-electron chi connectivity index (χ2n) is 5.11. The molecule has 4 heteroatoms. The molecule has 1 heterocycles. The zero-order valence-corrected chi connectivity index (χ0v) is 13.4. The first-order chi connectivity index (χ1) is 8.18. The predicted molar refractivity (Wildman–Crippen MR) is 87.8 cm³/mol. The van der Waals surface area contributed by atoms with Crippen molar-refractivity contribution in [2.45, 2.75) is 25.7 Å². The topological polar surface area (TPSA) is 36.4 Å². The van der Waals surface area contributed by atoms with Gasteiger partial charge in [0, 0.05) is 25.0 Å². The Bertz CT molecular complexity index is 387. The minimum atomic E-state index is 0. The van der Waals surface area contributed by atoms with E-state index in [9.17, 15) is 0 Å². The minimum absolute atomic E-state index is 0. The van der Waals surface area contributed by atoms with Crippen molar-refractivity contribution in [3.63, 3.8) is 0 Å². The van der Waals surface area contributed by atoms with Gasteiger partial charge in [-0.25, -0.2) is 0 Å². The van der Waals surface area contributed by atoms with Gasteiger partial charge in [0.2, 0.25) is 0 Å². The molecule has 18 heavy (non-hydrogen) atoms. The molecule has 0 aliphatic carbocycles. The summed E-state index contributed by atoms with van der Waals surface area (Å²) in [6, 6.07) is 10.6. The first kappa shape index (κ1) is 15.3. The van der Waals surface area contributed by atoms with E-state index < -0.39 is 0 Å². The second kappa shape index (κ2) is 6.97. The van der Waals surface area contributed by atoms with Gasteiger partial charge in [-0.05, 0) is 12.0 Å². The third-order valence-electron chi connectivity index (χ3n) is 3.15. The van der Waals surface area contributed by atoms with Crippen LogP contribution in [0.15, 0.2) is 35.3 Å². The van der Waals surface area contributed by atoms with Gasteiger partial charge in [0.25, 0.3) is 0 Å². The lowest BCUT2D eigenvalue weighted by molar-refractivity contribution is 0.506. The minimum Gasteiger partial charge on any atom is -0.356 e. The Morgan fingerprint density at radius 2 is 2.00 bits per heavy atom. The molecule has 0 saturated heterocycles. The maximum atomic E-state index is 4.42. The van der Waals surface area contributed by atoms with Crippen LogP contribution in [0.2, 0.25) is 0 Å². The maximum Gasteiger partial charge on any atom is 0.191 e. The fourth-order valence-corrected chi connectivity index (χ4v) is 1.95. The smallest absolute Gasteiger partial charge is 0.191 e. The van der Waals surface area contributed by atoms with Crippen molar-refractivity contribution < 1.29 is 0 Å². The van der Waals surface area contributed by atoms with Crippen molar-refractivity contribution in [3.05, 3.63) is 35.9 Å². The monoisotopic (exact) mass is 359 g/mol. The van der Waals surface area contributed by atoms with Crippen LogP contribution in [0.5, 0.6) is 0 Å². The number of hydrogen-bond acceptors (Lipinski definition) is 3. The Morgan fingerprint density at radius 1 is 1.28 bits per heavy atom. The fraction of sp³-hybridized carbons (Fsp3) is 0.500. The molecule has 1 aliphatic heterocycles. The lowest BCUT2D eigenvalue weighted by Gasteiger charge is -2.27. The Kier molecular flexibility index (Phi) is 5.91. The summed E-state index contributed by atoms with van der Waals surface area (Å²) < 4.78 is 0. The van der Waals surface area contributed by atoms with E-state index in [1.54, 1.807) is 0 Å². The number of hydrogen-bond donors (Lipinski definition) is 2. The molecule has 0 unspecified atom stereocenters. The molecule has 0 spiro atoms. The number of benzene rings is 1. The van der Waals surface area contributed by atoms with Gasteiger partial charge in [0.05, 0.1) is 0 Å². The van der Waals surface area contributed by atoms with Gasteiger partial charge in [-0.1, -0.05) is 44.2 Å². The highest BCUT2D eigenvalue weighted by molar-refractivity contribution is 14.0. The van der Waals surface area contributed by atoms with E-state index in [2.05, 4.69) is 59.8 Å². The molecule has 2 N–H and O–H groups in total. The first-order valence-corrected chi connectivity index (χ1v) is 6.26. The molecule has 0 saturated carbocycles. The molecule has 0 bridgehead atoms. The summed E-state index contributed by atoms with van der Waals surface area (Å²) in [6.45, 7) is 7.35. The van der Waals surface area contributed by atoms with Crippen LogP contribution in [0.3, 0.4) is 0 Å². The van der Waals surface area contributed by atoms with Gasteiger partial charge >= 0.3 is 0 Å². The summed E-state index contributed by atoms with van der Waals surface area (Å²) in [7, 11) is 0. The maximum absolute atomic E-state index is 4.42. The Labute approximate surface area is 126 Å². The lowest BCUT2D eigenvalue weighted by atomic mass is 9.85. The summed E-state index contributed by atoms with van der Waals surface area (Å²) in [5, 5.41) is 6.68. The van der Waals surface area contributed by atoms with E-state index in [4.69, 9.17) is 0 Å². The van der Waals surface area contributed by atoms with Crippen LogP contribution < -0.4 is 10.6 Å². The average molecular weight is 359 g/mol. The molecule has 0 radical (unpaired) electrons. The van der Waals surface area contributed by atoms with Gasteiger partial charge in [0.1, 0.15) is 0 Å². The third-order valence-corrected chi connectivity index (χ3v) is 3.15.